The highest BCUT2D eigenvalue weighted by molar-refractivity contribution is 7.11. The van der Waals surface area contributed by atoms with Gasteiger partial charge in [0, 0.05) is 36.8 Å². The molecule has 2 N–H and O–H groups in total. The van der Waals surface area contributed by atoms with Crippen LogP contribution in [-0.2, 0) is 6.54 Å². The standard InChI is InChI=1S/C15H29N5S/c1-6-16-15(17-8-9-20(7-2)12(3)4)19-11-14-18-10-13(5)21-14/h10,12H,6-9,11H2,1-5H3,(H2,16,17,19). The molecule has 0 aliphatic carbocycles. The Morgan fingerprint density at radius 1 is 1.38 bits per heavy atom. The van der Waals surface area contributed by atoms with E-state index in [1.807, 2.05) is 6.20 Å². The molecule has 6 heteroatoms. The lowest BCUT2D eigenvalue weighted by molar-refractivity contribution is 0.237. The van der Waals surface area contributed by atoms with Crippen LogP contribution in [0.4, 0.5) is 0 Å². The second-order valence-corrected chi connectivity index (χ2v) is 6.53. The second kappa shape index (κ2) is 9.73. The van der Waals surface area contributed by atoms with Gasteiger partial charge in [0.25, 0.3) is 0 Å². The Hall–Kier alpha value is -1.14. The highest BCUT2D eigenvalue weighted by Gasteiger charge is 2.06. The van der Waals surface area contributed by atoms with Crippen molar-refractivity contribution >= 4 is 17.3 Å². The van der Waals surface area contributed by atoms with Gasteiger partial charge in [0.15, 0.2) is 5.96 Å². The number of thiazole rings is 1. The predicted octanol–water partition coefficient (Wildman–Crippen LogP) is 2.24. The van der Waals surface area contributed by atoms with Crippen LogP contribution in [0.25, 0.3) is 0 Å². The maximum Gasteiger partial charge on any atom is 0.191 e. The first-order valence-corrected chi connectivity index (χ1v) is 8.56. The quantitative estimate of drug-likeness (QED) is 0.571. The number of hydrogen-bond acceptors (Lipinski definition) is 4. The Kier molecular flexibility index (Phi) is 8.30. The van der Waals surface area contributed by atoms with Crippen molar-refractivity contribution in [1.29, 1.82) is 0 Å². The first-order valence-electron chi connectivity index (χ1n) is 7.74. The molecule has 0 saturated carbocycles. The maximum absolute atomic E-state index is 4.59. The number of guanidine groups is 1. The van der Waals surface area contributed by atoms with Crippen LogP contribution >= 0.6 is 11.3 Å². The van der Waals surface area contributed by atoms with E-state index in [1.54, 1.807) is 11.3 Å². The first kappa shape index (κ1) is 17.9. The molecule has 1 aromatic heterocycles. The summed E-state index contributed by atoms with van der Waals surface area (Å²) in [7, 11) is 0. The average Bonchev–Trinajstić information content (AvgIpc) is 2.86. The third-order valence-corrected chi connectivity index (χ3v) is 4.11. The number of nitrogens with zero attached hydrogens (tertiary/aromatic N) is 3. The van der Waals surface area contributed by atoms with Crippen molar-refractivity contribution in [2.75, 3.05) is 26.2 Å². The van der Waals surface area contributed by atoms with E-state index in [0.717, 1.165) is 37.1 Å². The summed E-state index contributed by atoms with van der Waals surface area (Å²) in [6.07, 6.45) is 1.90. The van der Waals surface area contributed by atoms with Crippen molar-refractivity contribution in [3.63, 3.8) is 0 Å². The fourth-order valence-corrected chi connectivity index (χ4v) is 2.77. The molecule has 0 spiro atoms. The Labute approximate surface area is 132 Å². The van der Waals surface area contributed by atoms with E-state index >= 15 is 0 Å². The van der Waals surface area contributed by atoms with Gasteiger partial charge in [-0.25, -0.2) is 9.98 Å². The smallest absolute Gasteiger partial charge is 0.191 e. The molecule has 120 valence electrons. The summed E-state index contributed by atoms with van der Waals surface area (Å²) in [4.78, 5) is 12.6. The van der Waals surface area contributed by atoms with E-state index in [4.69, 9.17) is 0 Å². The summed E-state index contributed by atoms with van der Waals surface area (Å²) in [5.74, 6) is 0.866. The molecule has 1 rings (SSSR count). The normalized spacial score (nSPS) is 12.2. The van der Waals surface area contributed by atoms with Gasteiger partial charge in [-0.15, -0.1) is 11.3 Å². The van der Waals surface area contributed by atoms with Crippen molar-refractivity contribution < 1.29 is 0 Å². The van der Waals surface area contributed by atoms with E-state index in [0.29, 0.717) is 12.6 Å². The monoisotopic (exact) mass is 311 g/mol. The molecular weight excluding hydrogens is 282 g/mol. The maximum atomic E-state index is 4.59. The number of likely N-dealkylation sites (N-methyl/N-ethyl adjacent to an activating group) is 1. The van der Waals surface area contributed by atoms with Gasteiger partial charge in [-0.1, -0.05) is 6.92 Å². The summed E-state index contributed by atoms with van der Waals surface area (Å²) >= 11 is 1.70. The predicted molar refractivity (Wildman–Crippen MR) is 92.1 cm³/mol. The van der Waals surface area contributed by atoms with Crippen molar-refractivity contribution in [1.82, 2.24) is 20.5 Å². The van der Waals surface area contributed by atoms with Gasteiger partial charge in [0.05, 0.1) is 6.54 Å². The van der Waals surface area contributed by atoms with E-state index in [1.165, 1.54) is 4.88 Å². The molecule has 1 heterocycles. The summed E-state index contributed by atoms with van der Waals surface area (Å²) in [6.45, 7) is 15.3. The number of aliphatic imine (C=N–C) groups is 1. The van der Waals surface area contributed by atoms with Crippen LogP contribution < -0.4 is 10.6 Å². The second-order valence-electron chi connectivity index (χ2n) is 5.21. The minimum absolute atomic E-state index is 0.578. The molecule has 0 unspecified atom stereocenters. The number of aryl methyl sites for hydroxylation is 1. The van der Waals surface area contributed by atoms with E-state index in [9.17, 15) is 0 Å². The van der Waals surface area contributed by atoms with E-state index < -0.39 is 0 Å². The van der Waals surface area contributed by atoms with Gasteiger partial charge >= 0.3 is 0 Å². The molecular formula is C15H29N5S. The van der Waals surface area contributed by atoms with Crippen LogP contribution in [-0.4, -0.2) is 48.1 Å². The molecule has 0 bridgehead atoms. The number of aromatic nitrogens is 1. The Balaban J connectivity index is 2.45. The zero-order chi connectivity index (χ0) is 15.7. The first-order chi connectivity index (χ1) is 10.1. The third kappa shape index (κ3) is 6.91. The largest absolute Gasteiger partial charge is 0.357 e. The van der Waals surface area contributed by atoms with Gasteiger partial charge in [-0.2, -0.15) is 0 Å². The topological polar surface area (TPSA) is 52.6 Å². The van der Waals surface area contributed by atoms with Crippen LogP contribution in [0.1, 0.15) is 37.6 Å². The van der Waals surface area contributed by atoms with Crippen LogP contribution in [0.15, 0.2) is 11.2 Å². The minimum Gasteiger partial charge on any atom is -0.357 e. The summed E-state index contributed by atoms with van der Waals surface area (Å²) in [5, 5.41) is 7.73. The van der Waals surface area contributed by atoms with Gasteiger partial charge in [0.1, 0.15) is 5.01 Å². The molecule has 0 fully saturated rings. The molecule has 0 aromatic carbocycles. The molecule has 5 nitrogen and oxygen atoms in total. The van der Waals surface area contributed by atoms with Crippen LogP contribution in [0.5, 0.6) is 0 Å². The van der Waals surface area contributed by atoms with E-state index in [2.05, 4.69) is 60.1 Å². The van der Waals surface area contributed by atoms with E-state index in [-0.39, 0.29) is 0 Å². The minimum atomic E-state index is 0.578. The zero-order valence-electron chi connectivity index (χ0n) is 13.9. The molecule has 0 atom stereocenters. The zero-order valence-corrected chi connectivity index (χ0v) is 14.8. The molecule has 1 aromatic rings. The molecule has 0 saturated heterocycles. The molecule has 21 heavy (non-hydrogen) atoms. The molecule has 0 aliphatic rings. The van der Waals surface area contributed by atoms with Gasteiger partial charge in [-0.05, 0) is 34.2 Å². The SMILES string of the molecule is CCNC(=NCc1ncc(C)s1)NCCN(CC)C(C)C. The Bertz CT molecular complexity index is 427. The third-order valence-electron chi connectivity index (χ3n) is 3.21. The molecule has 0 amide bonds. The fourth-order valence-electron chi connectivity index (χ4n) is 2.06. The lowest BCUT2D eigenvalue weighted by Crippen LogP contribution is -2.43. The fraction of sp³-hybridized carbons (Fsp3) is 0.733. The number of rotatable bonds is 8. The highest BCUT2D eigenvalue weighted by Crippen LogP contribution is 2.11. The van der Waals surface area contributed by atoms with Crippen LogP contribution in [0.3, 0.4) is 0 Å². The van der Waals surface area contributed by atoms with Crippen molar-refractivity contribution in [2.24, 2.45) is 4.99 Å². The molecule has 0 radical (unpaired) electrons. The van der Waals surface area contributed by atoms with Gasteiger partial charge < -0.3 is 10.6 Å². The lowest BCUT2D eigenvalue weighted by Gasteiger charge is -2.25. The average molecular weight is 311 g/mol. The molecule has 0 aliphatic heterocycles. The van der Waals surface area contributed by atoms with Crippen LogP contribution in [0.2, 0.25) is 0 Å². The summed E-state index contributed by atoms with van der Waals surface area (Å²) in [6, 6.07) is 0.578. The highest BCUT2D eigenvalue weighted by atomic mass is 32.1. The van der Waals surface area contributed by atoms with Crippen molar-refractivity contribution in [2.45, 2.75) is 47.2 Å². The summed E-state index contributed by atoms with van der Waals surface area (Å²) in [5.41, 5.74) is 0. The summed E-state index contributed by atoms with van der Waals surface area (Å²) < 4.78 is 0. The Morgan fingerprint density at radius 2 is 2.14 bits per heavy atom. The number of hydrogen-bond donors (Lipinski definition) is 2. The van der Waals surface area contributed by atoms with Gasteiger partial charge in [-0.3, -0.25) is 4.90 Å². The number of nitrogens with one attached hydrogen (secondary N) is 2. The van der Waals surface area contributed by atoms with Crippen molar-refractivity contribution in [3.05, 3.63) is 16.1 Å². The van der Waals surface area contributed by atoms with Crippen LogP contribution in [0, 0.1) is 6.92 Å². The lowest BCUT2D eigenvalue weighted by atomic mass is 10.3. The van der Waals surface area contributed by atoms with Crippen molar-refractivity contribution in [3.8, 4) is 0 Å². The Morgan fingerprint density at radius 3 is 2.67 bits per heavy atom. The van der Waals surface area contributed by atoms with Gasteiger partial charge in [0.2, 0.25) is 0 Å².